The van der Waals surface area contributed by atoms with E-state index in [1.807, 2.05) is 20.8 Å². The van der Waals surface area contributed by atoms with Crippen molar-refractivity contribution in [2.75, 3.05) is 0 Å². The number of nitrogens with one attached hydrogen (secondary N) is 1. The Hall–Kier alpha value is -0.770. The van der Waals surface area contributed by atoms with Crippen LogP contribution in [0.15, 0.2) is 0 Å². The van der Waals surface area contributed by atoms with Gasteiger partial charge in [0.15, 0.2) is 0 Å². The van der Waals surface area contributed by atoms with Crippen LogP contribution in [0.3, 0.4) is 0 Å². The van der Waals surface area contributed by atoms with Crippen LogP contribution in [0.5, 0.6) is 0 Å². The van der Waals surface area contributed by atoms with Gasteiger partial charge < -0.3 is 15.8 Å². The molecule has 1 atom stereocenters. The topological polar surface area (TPSA) is 64.3 Å². The maximum absolute atomic E-state index is 12.1. The summed E-state index contributed by atoms with van der Waals surface area (Å²) in [6.07, 6.45) is 1.75. The van der Waals surface area contributed by atoms with Gasteiger partial charge in [-0.25, -0.2) is 4.79 Å². The van der Waals surface area contributed by atoms with Crippen LogP contribution < -0.4 is 11.1 Å². The fourth-order valence-corrected chi connectivity index (χ4v) is 3.05. The molecule has 0 radical (unpaired) electrons. The Morgan fingerprint density at radius 2 is 1.55 bits per heavy atom. The first kappa shape index (κ1) is 17.3. The van der Waals surface area contributed by atoms with Crippen molar-refractivity contribution in [1.82, 2.24) is 5.32 Å². The molecule has 4 heteroatoms. The summed E-state index contributed by atoms with van der Waals surface area (Å²) in [6, 6.07) is 0.00449. The number of rotatable bonds is 3. The van der Waals surface area contributed by atoms with Crippen LogP contribution >= 0.6 is 0 Å². The Morgan fingerprint density at radius 1 is 1.10 bits per heavy atom. The molecule has 1 fully saturated rings. The van der Waals surface area contributed by atoms with Gasteiger partial charge in [-0.15, -0.1) is 0 Å². The zero-order chi connectivity index (χ0) is 16.0. The largest absolute Gasteiger partial charge is 0.444 e. The number of ether oxygens (including phenoxy) is 1. The van der Waals surface area contributed by atoms with E-state index in [0.717, 1.165) is 12.8 Å². The monoisotopic (exact) mass is 284 g/mol. The van der Waals surface area contributed by atoms with Gasteiger partial charge in [-0.3, -0.25) is 0 Å². The minimum absolute atomic E-state index is 0.00449. The summed E-state index contributed by atoms with van der Waals surface area (Å²) in [6.45, 7) is 16.1. The average Bonchev–Trinajstić information content (AvgIpc) is 2.88. The number of carbonyl (C=O) groups is 1. The Morgan fingerprint density at radius 3 is 1.80 bits per heavy atom. The average molecular weight is 284 g/mol. The first-order chi connectivity index (χ1) is 8.69. The normalized spacial score (nSPS) is 20.2. The molecule has 0 bridgehead atoms. The fraction of sp³-hybridized carbons (Fsp3) is 0.938. The Labute approximate surface area is 123 Å². The lowest BCUT2D eigenvalue weighted by molar-refractivity contribution is 0.0357. The predicted molar refractivity (Wildman–Crippen MR) is 82.5 cm³/mol. The van der Waals surface area contributed by atoms with E-state index in [9.17, 15) is 4.79 Å². The van der Waals surface area contributed by atoms with Crippen molar-refractivity contribution in [3.8, 4) is 0 Å². The highest BCUT2D eigenvalue weighted by Crippen LogP contribution is 2.59. The standard InChI is InChI=1S/C16H32N2O2/c1-13(2,3)11(16(9-10-16)15(7,8)17)18-12(19)20-14(4,5)6/h11H,9-10,17H2,1-8H3,(H,18,19). The lowest BCUT2D eigenvalue weighted by Gasteiger charge is -2.44. The number of carbonyl (C=O) groups excluding carboxylic acids is 1. The number of nitrogens with two attached hydrogens (primary N) is 1. The Balaban J connectivity index is 2.92. The number of hydrogen-bond donors (Lipinski definition) is 2. The molecule has 1 aliphatic rings. The molecule has 3 N–H and O–H groups in total. The molecule has 1 amide bonds. The molecule has 1 rings (SSSR count). The zero-order valence-corrected chi connectivity index (χ0v) is 14.4. The number of hydrogen-bond acceptors (Lipinski definition) is 3. The quantitative estimate of drug-likeness (QED) is 0.834. The minimum atomic E-state index is -0.485. The third-order valence-electron chi connectivity index (χ3n) is 4.15. The SMILES string of the molecule is CC(C)(C)OC(=O)NC(C(C)(C)C)C1(C(C)(C)N)CC1. The Bertz CT molecular complexity index is 365. The minimum Gasteiger partial charge on any atom is -0.444 e. The van der Waals surface area contributed by atoms with Crippen molar-refractivity contribution in [1.29, 1.82) is 0 Å². The van der Waals surface area contributed by atoms with Gasteiger partial charge in [0.2, 0.25) is 0 Å². The first-order valence-electron chi connectivity index (χ1n) is 7.47. The van der Waals surface area contributed by atoms with E-state index in [0.29, 0.717) is 0 Å². The van der Waals surface area contributed by atoms with Gasteiger partial charge in [-0.2, -0.15) is 0 Å². The molecule has 0 aliphatic heterocycles. The van der Waals surface area contributed by atoms with Crippen LogP contribution in [0, 0.1) is 10.8 Å². The van der Waals surface area contributed by atoms with Gasteiger partial charge in [0.05, 0.1) is 0 Å². The number of amides is 1. The second-order valence-electron chi connectivity index (χ2n) is 8.82. The Kier molecular flexibility index (Phi) is 4.24. The molecular formula is C16H32N2O2. The number of alkyl carbamates (subject to hydrolysis) is 1. The summed E-state index contributed by atoms with van der Waals surface area (Å²) in [5, 5.41) is 3.08. The maximum atomic E-state index is 12.1. The van der Waals surface area contributed by atoms with Crippen molar-refractivity contribution in [3.05, 3.63) is 0 Å². The summed E-state index contributed by atoms with van der Waals surface area (Å²) in [7, 11) is 0. The molecule has 118 valence electrons. The van der Waals surface area contributed by atoms with Gasteiger partial charge in [0.25, 0.3) is 0 Å². The maximum Gasteiger partial charge on any atom is 0.407 e. The highest BCUT2D eigenvalue weighted by molar-refractivity contribution is 5.68. The summed E-state index contributed by atoms with van der Waals surface area (Å²) < 4.78 is 5.41. The second-order valence-corrected chi connectivity index (χ2v) is 8.82. The van der Waals surface area contributed by atoms with Crippen LogP contribution in [0.1, 0.15) is 68.2 Å². The molecule has 1 aliphatic carbocycles. The first-order valence-corrected chi connectivity index (χ1v) is 7.47. The summed E-state index contributed by atoms with van der Waals surface area (Å²) in [4.78, 5) is 12.1. The molecule has 0 aromatic rings. The predicted octanol–water partition coefficient (Wildman–Crippen LogP) is 3.44. The highest BCUT2D eigenvalue weighted by Gasteiger charge is 2.60. The molecule has 0 heterocycles. The van der Waals surface area contributed by atoms with E-state index in [1.54, 1.807) is 0 Å². The van der Waals surface area contributed by atoms with Crippen molar-refractivity contribution < 1.29 is 9.53 Å². The van der Waals surface area contributed by atoms with Crippen molar-refractivity contribution in [2.45, 2.75) is 85.4 Å². The van der Waals surface area contributed by atoms with E-state index >= 15 is 0 Å². The van der Waals surface area contributed by atoms with E-state index in [1.165, 1.54) is 0 Å². The van der Waals surface area contributed by atoms with Crippen molar-refractivity contribution in [2.24, 2.45) is 16.6 Å². The lowest BCUT2D eigenvalue weighted by Crippen LogP contribution is -2.59. The highest BCUT2D eigenvalue weighted by atomic mass is 16.6. The van der Waals surface area contributed by atoms with Crippen molar-refractivity contribution in [3.63, 3.8) is 0 Å². The van der Waals surface area contributed by atoms with Crippen LogP contribution in [-0.2, 0) is 4.74 Å². The third-order valence-corrected chi connectivity index (χ3v) is 4.15. The van der Waals surface area contributed by atoms with Crippen LogP contribution in [0.4, 0.5) is 4.79 Å². The molecule has 0 saturated heterocycles. The molecule has 0 spiro atoms. The van der Waals surface area contributed by atoms with E-state index < -0.39 is 5.60 Å². The summed E-state index contributed by atoms with van der Waals surface area (Å²) >= 11 is 0. The van der Waals surface area contributed by atoms with Gasteiger partial charge in [-0.1, -0.05) is 20.8 Å². The molecule has 0 aromatic carbocycles. The molecule has 1 saturated carbocycles. The molecular weight excluding hydrogens is 252 g/mol. The van der Waals surface area contributed by atoms with Crippen molar-refractivity contribution >= 4 is 6.09 Å². The van der Waals surface area contributed by atoms with E-state index in [-0.39, 0.29) is 28.5 Å². The lowest BCUT2D eigenvalue weighted by atomic mass is 9.69. The smallest absolute Gasteiger partial charge is 0.407 e. The van der Waals surface area contributed by atoms with Gasteiger partial charge in [-0.05, 0) is 52.9 Å². The summed E-state index contributed by atoms with van der Waals surface area (Å²) in [5.41, 5.74) is 5.48. The zero-order valence-electron chi connectivity index (χ0n) is 14.4. The van der Waals surface area contributed by atoms with Crippen LogP contribution in [0.25, 0.3) is 0 Å². The van der Waals surface area contributed by atoms with Gasteiger partial charge in [0, 0.05) is 17.0 Å². The van der Waals surface area contributed by atoms with Crippen LogP contribution in [-0.4, -0.2) is 23.3 Å². The van der Waals surface area contributed by atoms with Gasteiger partial charge >= 0.3 is 6.09 Å². The molecule has 0 aromatic heterocycles. The summed E-state index contributed by atoms with van der Waals surface area (Å²) in [5.74, 6) is 0. The molecule has 20 heavy (non-hydrogen) atoms. The molecule has 4 nitrogen and oxygen atoms in total. The van der Waals surface area contributed by atoms with Crippen LogP contribution in [0.2, 0.25) is 0 Å². The molecule has 1 unspecified atom stereocenters. The van der Waals surface area contributed by atoms with E-state index in [2.05, 4.69) is 39.9 Å². The van der Waals surface area contributed by atoms with E-state index in [4.69, 9.17) is 10.5 Å². The second kappa shape index (κ2) is 4.90. The third kappa shape index (κ3) is 3.87. The fourth-order valence-electron chi connectivity index (χ4n) is 3.05. The van der Waals surface area contributed by atoms with Gasteiger partial charge in [0.1, 0.15) is 5.60 Å².